The molecule has 8 nitrogen and oxygen atoms in total. The van der Waals surface area contributed by atoms with Gasteiger partial charge in [-0.3, -0.25) is 4.79 Å². The quantitative estimate of drug-likeness (QED) is 0.421. The Labute approximate surface area is 210 Å². The van der Waals surface area contributed by atoms with Crippen LogP contribution < -0.4 is 20.1 Å². The molecular weight excluding hydrogens is 458 g/mol. The second-order valence-electron chi connectivity index (χ2n) is 8.54. The lowest BCUT2D eigenvalue weighted by atomic mass is 10.1. The van der Waals surface area contributed by atoms with Crippen molar-refractivity contribution in [1.82, 2.24) is 10.2 Å². The van der Waals surface area contributed by atoms with Gasteiger partial charge in [-0.1, -0.05) is 36.4 Å². The van der Waals surface area contributed by atoms with Crippen LogP contribution in [0.2, 0.25) is 0 Å². The molecule has 3 aromatic carbocycles. The van der Waals surface area contributed by atoms with Crippen molar-refractivity contribution >= 4 is 17.6 Å². The normalized spacial score (nSPS) is 13.6. The van der Waals surface area contributed by atoms with E-state index in [0.29, 0.717) is 30.9 Å². The van der Waals surface area contributed by atoms with E-state index in [4.69, 9.17) is 14.6 Å². The molecule has 1 aliphatic rings. The number of rotatable bonds is 9. The van der Waals surface area contributed by atoms with E-state index < -0.39 is 0 Å². The maximum Gasteiger partial charge on any atom is 0.321 e. The van der Waals surface area contributed by atoms with E-state index in [1.807, 2.05) is 54.6 Å². The molecule has 0 atom stereocenters. The van der Waals surface area contributed by atoms with Crippen molar-refractivity contribution in [2.45, 2.75) is 25.6 Å². The number of hydrogen-bond acceptors (Lipinski definition) is 5. The van der Waals surface area contributed by atoms with Gasteiger partial charge < -0.3 is 30.1 Å². The Hall–Kier alpha value is -4.04. The minimum atomic E-state index is -0.297. The first-order valence-electron chi connectivity index (χ1n) is 12.1. The summed E-state index contributed by atoms with van der Waals surface area (Å²) in [5.74, 6) is 1.27. The number of piperidine rings is 1. The highest BCUT2D eigenvalue weighted by Crippen LogP contribution is 2.23. The minimum absolute atomic E-state index is 0.0312. The van der Waals surface area contributed by atoms with Gasteiger partial charge in [-0.05, 0) is 48.0 Å². The summed E-state index contributed by atoms with van der Waals surface area (Å²) in [6.45, 7) is 1.72. The van der Waals surface area contributed by atoms with E-state index in [-0.39, 0.29) is 31.2 Å². The van der Waals surface area contributed by atoms with Gasteiger partial charge in [-0.2, -0.15) is 0 Å². The third-order valence-corrected chi connectivity index (χ3v) is 5.88. The monoisotopic (exact) mass is 489 g/mol. The van der Waals surface area contributed by atoms with Crippen LogP contribution in [0, 0.1) is 0 Å². The van der Waals surface area contributed by atoms with E-state index in [2.05, 4.69) is 10.6 Å². The van der Waals surface area contributed by atoms with E-state index in [9.17, 15) is 9.59 Å². The highest BCUT2D eigenvalue weighted by Gasteiger charge is 2.24. The molecule has 3 aromatic rings. The number of carbonyl (C=O) groups is 2. The largest absolute Gasteiger partial charge is 0.490 e. The Balaban J connectivity index is 1.21. The van der Waals surface area contributed by atoms with Gasteiger partial charge in [0, 0.05) is 43.7 Å². The maximum absolute atomic E-state index is 12.7. The molecule has 0 spiro atoms. The van der Waals surface area contributed by atoms with Crippen molar-refractivity contribution in [3.63, 3.8) is 0 Å². The molecule has 3 N–H and O–H groups in total. The second-order valence-corrected chi connectivity index (χ2v) is 8.54. The molecule has 0 aromatic heterocycles. The predicted molar refractivity (Wildman–Crippen MR) is 137 cm³/mol. The summed E-state index contributed by atoms with van der Waals surface area (Å²) >= 11 is 0. The van der Waals surface area contributed by atoms with Gasteiger partial charge in [-0.25, -0.2) is 4.79 Å². The SMILES string of the molecule is O=C(NCCO)c1cccc(NC(=O)N2CCC(Oc3ccc(OCc4ccccc4)cc3)CC2)c1. The molecule has 188 valence electrons. The highest BCUT2D eigenvalue weighted by molar-refractivity contribution is 5.96. The van der Waals surface area contributed by atoms with Crippen LogP contribution in [0.15, 0.2) is 78.9 Å². The molecule has 0 unspecified atom stereocenters. The van der Waals surface area contributed by atoms with E-state index in [1.54, 1.807) is 29.2 Å². The van der Waals surface area contributed by atoms with Gasteiger partial charge in [-0.15, -0.1) is 0 Å². The number of aliphatic hydroxyl groups excluding tert-OH is 1. The van der Waals surface area contributed by atoms with Crippen LogP contribution in [-0.2, 0) is 6.61 Å². The number of nitrogens with zero attached hydrogens (tertiary/aromatic N) is 1. The van der Waals surface area contributed by atoms with Crippen molar-refractivity contribution in [2.75, 3.05) is 31.6 Å². The average Bonchev–Trinajstić information content (AvgIpc) is 2.92. The number of likely N-dealkylation sites (tertiary alicyclic amines) is 1. The number of benzene rings is 3. The van der Waals surface area contributed by atoms with Gasteiger partial charge in [0.2, 0.25) is 0 Å². The molecule has 1 aliphatic heterocycles. The fourth-order valence-electron chi connectivity index (χ4n) is 3.94. The van der Waals surface area contributed by atoms with Crippen LogP contribution >= 0.6 is 0 Å². The average molecular weight is 490 g/mol. The van der Waals surface area contributed by atoms with Gasteiger partial charge in [0.1, 0.15) is 24.2 Å². The number of anilines is 1. The Morgan fingerprint density at radius 3 is 2.36 bits per heavy atom. The summed E-state index contributed by atoms with van der Waals surface area (Å²) in [6, 6.07) is 24.2. The molecule has 1 saturated heterocycles. The first-order chi connectivity index (χ1) is 17.6. The lowest BCUT2D eigenvalue weighted by Gasteiger charge is -2.32. The number of ether oxygens (including phenoxy) is 2. The topological polar surface area (TPSA) is 100 Å². The van der Waals surface area contributed by atoms with Gasteiger partial charge >= 0.3 is 6.03 Å². The van der Waals surface area contributed by atoms with Gasteiger partial charge in [0.05, 0.1) is 6.61 Å². The molecule has 3 amide bonds. The molecular formula is C28H31N3O5. The predicted octanol–water partition coefficient (Wildman–Crippen LogP) is 4.06. The Kier molecular flexibility index (Phi) is 8.77. The van der Waals surface area contributed by atoms with Crippen molar-refractivity contribution in [1.29, 1.82) is 0 Å². The van der Waals surface area contributed by atoms with Crippen molar-refractivity contribution in [3.8, 4) is 11.5 Å². The van der Waals surface area contributed by atoms with Crippen LogP contribution in [0.25, 0.3) is 0 Å². The maximum atomic E-state index is 12.7. The third-order valence-electron chi connectivity index (χ3n) is 5.88. The van der Waals surface area contributed by atoms with Gasteiger partial charge in [0.15, 0.2) is 0 Å². The Bertz CT molecular complexity index is 1130. The van der Waals surface area contributed by atoms with Crippen LogP contribution in [0.1, 0.15) is 28.8 Å². The lowest BCUT2D eigenvalue weighted by molar-refractivity contribution is 0.0944. The molecule has 0 radical (unpaired) electrons. The zero-order chi connectivity index (χ0) is 25.2. The first kappa shape index (κ1) is 25.1. The molecule has 36 heavy (non-hydrogen) atoms. The lowest BCUT2D eigenvalue weighted by Crippen LogP contribution is -2.43. The van der Waals surface area contributed by atoms with Crippen molar-refractivity contribution < 1.29 is 24.2 Å². The molecule has 8 heteroatoms. The number of nitrogens with one attached hydrogen (secondary N) is 2. The smallest absolute Gasteiger partial charge is 0.321 e. The van der Waals surface area contributed by atoms with Crippen LogP contribution in [0.3, 0.4) is 0 Å². The number of aliphatic hydroxyl groups is 1. The summed E-state index contributed by atoms with van der Waals surface area (Å²) in [7, 11) is 0. The minimum Gasteiger partial charge on any atom is -0.490 e. The molecule has 0 saturated carbocycles. The fraction of sp³-hybridized carbons (Fsp3) is 0.286. The van der Waals surface area contributed by atoms with E-state index >= 15 is 0 Å². The number of hydrogen-bond donors (Lipinski definition) is 3. The molecule has 0 aliphatic carbocycles. The molecule has 1 fully saturated rings. The molecule has 4 rings (SSSR count). The fourth-order valence-corrected chi connectivity index (χ4v) is 3.94. The Morgan fingerprint density at radius 1 is 0.917 bits per heavy atom. The Morgan fingerprint density at radius 2 is 1.64 bits per heavy atom. The summed E-state index contributed by atoms with van der Waals surface area (Å²) in [6.07, 6.45) is 1.48. The summed E-state index contributed by atoms with van der Waals surface area (Å²) < 4.78 is 11.9. The van der Waals surface area contributed by atoms with E-state index in [0.717, 1.165) is 29.9 Å². The van der Waals surface area contributed by atoms with Gasteiger partial charge in [0.25, 0.3) is 5.91 Å². The standard InChI is InChI=1S/C28H31N3O5/c32-18-15-29-27(33)22-7-4-8-23(19-22)30-28(34)31-16-13-26(14-17-31)36-25-11-9-24(10-12-25)35-20-21-5-2-1-3-6-21/h1-12,19,26,32H,13-18,20H2,(H,29,33)(H,30,34). The highest BCUT2D eigenvalue weighted by atomic mass is 16.5. The van der Waals surface area contributed by atoms with Crippen molar-refractivity contribution in [3.05, 3.63) is 90.0 Å². The van der Waals surface area contributed by atoms with Crippen LogP contribution in [0.4, 0.5) is 10.5 Å². The summed E-state index contributed by atoms with van der Waals surface area (Å²) in [5.41, 5.74) is 2.08. The third kappa shape index (κ3) is 7.23. The number of amides is 3. The molecule has 1 heterocycles. The number of carbonyl (C=O) groups excluding carboxylic acids is 2. The first-order valence-corrected chi connectivity index (χ1v) is 12.1. The van der Waals surface area contributed by atoms with Crippen molar-refractivity contribution in [2.24, 2.45) is 0 Å². The number of urea groups is 1. The summed E-state index contributed by atoms with van der Waals surface area (Å²) in [5, 5.41) is 14.3. The summed E-state index contributed by atoms with van der Waals surface area (Å²) in [4.78, 5) is 26.5. The molecule has 0 bridgehead atoms. The zero-order valence-electron chi connectivity index (χ0n) is 20.1. The van der Waals surface area contributed by atoms with Crippen LogP contribution in [0.5, 0.6) is 11.5 Å². The van der Waals surface area contributed by atoms with Crippen LogP contribution in [-0.4, -0.2) is 54.3 Å². The second kappa shape index (κ2) is 12.6. The zero-order valence-corrected chi connectivity index (χ0v) is 20.1. The van der Waals surface area contributed by atoms with E-state index in [1.165, 1.54) is 0 Å².